The maximum atomic E-state index is 5.49. The van der Waals surface area contributed by atoms with Crippen molar-refractivity contribution >= 4 is 0 Å². The summed E-state index contributed by atoms with van der Waals surface area (Å²) in [5, 5.41) is 8.12. The van der Waals surface area contributed by atoms with Crippen LogP contribution in [-0.4, -0.2) is 36.1 Å². The molecule has 2 rings (SSSR count). The lowest BCUT2D eigenvalue weighted by atomic mass is 9.99. The highest BCUT2D eigenvalue weighted by Gasteiger charge is 2.25. The molecule has 0 spiro atoms. The molecule has 0 amide bonds. The van der Waals surface area contributed by atoms with Gasteiger partial charge in [-0.15, -0.1) is 0 Å². The number of aromatic nitrogens is 2. The Morgan fingerprint density at radius 2 is 2.33 bits per heavy atom. The molecule has 1 N–H and O–H groups in total. The third kappa shape index (κ3) is 2.93. The summed E-state index contributed by atoms with van der Waals surface area (Å²) < 4.78 is 7.67. The van der Waals surface area contributed by atoms with Crippen molar-refractivity contribution in [3.63, 3.8) is 0 Å². The van der Waals surface area contributed by atoms with Gasteiger partial charge < -0.3 is 10.1 Å². The standard InChI is InChI=1S/C14H25N3O/c1-4-12-8-13(5-2)17(16-12)9-14(15-3)11-6-7-18-10-11/h8,11,14-15H,4-7,9-10H2,1-3H3. The predicted molar refractivity (Wildman–Crippen MR) is 72.8 cm³/mol. The Balaban J connectivity index is 2.07. The molecule has 2 heterocycles. The first kappa shape index (κ1) is 13.6. The Labute approximate surface area is 110 Å². The summed E-state index contributed by atoms with van der Waals surface area (Å²) in [4.78, 5) is 0. The molecule has 1 aliphatic heterocycles. The van der Waals surface area contributed by atoms with E-state index in [0.29, 0.717) is 12.0 Å². The second kappa shape index (κ2) is 6.34. The van der Waals surface area contributed by atoms with Crippen LogP contribution in [0.3, 0.4) is 0 Å². The van der Waals surface area contributed by atoms with Crippen LogP contribution in [0.1, 0.15) is 31.7 Å². The van der Waals surface area contributed by atoms with Crippen molar-refractivity contribution in [1.29, 1.82) is 0 Å². The summed E-state index contributed by atoms with van der Waals surface area (Å²) in [6, 6.07) is 2.69. The number of ether oxygens (including phenoxy) is 1. The highest BCUT2D eigenvalue weighted by Crippen LogP contribution is 2.18. The topological polar surface area (TPSA) is 39.1 Å². The molecule has 1 aromatic rings. The Morgan fingerprint density at radius 1 is 1.50 bits per heavy atom. The molecule has 1 aliphatic rings. The molecule has 18 heavy (non-hydrogen) atoms. The van der Waals surface area contributed by atoms with Crippen LogP contribution in [0.2, 0.25) is 0 Å². The van der Waals surface area contributed by atoms with E-state index in [1.54, 1.807) is 0 Å². The average Bonchev–Trinajstić information content (AvgIpc) is 3.04. The Morgan fingerprint density at radius 3 is 2.89 bits per heavy atom. The van der Waals surface area contributed by atoms with E-state index in [1.807, 2.05) is 7.05 Å². The number of likely N-dealkylation sites (N-methyl/N-ethyl adjacent to an activating group) is 1. The smallest absolute Gasteiger partial charge is 0.0624 e. The van der Waals surface area contributed by atoms with Gasteiger partial charge in [0, 0.05) is 24.3 Å². The van der Waals surface area contributed by atoms with Crippen LogP contribution in [0, 0.1) is 5.92 Å². The SMILES string of the molecule is CCc1cc(CC)n(CC(NC)C2CCOC2)n1. The number of rotatable bonds is 6. The molecule has 0 aromatic carbocycles. The molecule has 102 valence electrons. The molecule has 1 fully saturated rings. The zero-order chi connectivity index (χ0) is 13.0. The second-order valence-electron chi connectivity index (χ2n) is 5.04. The highest BCUT2D eigenvalue weighted by atomic mass is 16.5. The highest BCUT2D eigenvalue weighted by molar-refractivity contribution is 5.10. The Kier molecular flexibility index (Phi) is 4.78. The molecule has 1 saturated heterocycles. The van der Waals surface area contributed by atoms with Crippen molar-refractivity contribution in [3.05, 3.63) is 17.5 Å². The van der Waals surface area contributed by atoms with Crippen molar-refractivity contribution in [2.45, 2.75) is 45.7 Å². The number of hydrogen-bond donors (Lipinski definition) is 1. The monoisotopic (exact) mass is 251 g/mol. The molecule has 0 saturated carbocycles. The van der Waals surface area contributed by atoms with Crippen LogP contribution < -0.4 is 5.32 Å². The minimum Gasteiger partial charge on any atom is -0.381 e. The first-order chi connectivity index (χ1) is 8.78. The minimum absolute atomic E-state index is 0.461. The van der Waals surface area contributed by atoms with Gasteiger partial charge in [0.2, 0.25) is 0 Å². The zero-order valence-corrected chi connectivity index (χ0v) is 11.8. The predicted octanol–water partition coefficient (Wildman–Crippen LogP) is 1.63. The van der Waals surface area contributed by atoms with E-state index >= 15 is 0 Å². The molecule has 0 radical (unpaired) electrons. The molecule has 0 aliphatic carbocycles. The lowest BCUT2D eigenvalue weighted by Gasteiger charge is -2.22. The van der Waals surface area contributed by atoms with Crippen molar-refractivity contribution < 1.29 is 4.74 Å². The van der Waals surface area contributed by atoms with Gasteiger partial charge in [-0.1, -0.05) is 13.8 Å². The second-order valence-corrected chi connectivity index (χ2v) is 5.04. The summed E-state index contributed by atoms with van der Waals surface area (Å²) in [5.41, 5.74) is 2.54. The third-order valence-electron chi connectivity index (χ3n) is 3.91. The van der Waals surface area contributed by atoms with Crippen molar-refractivity contribution in [1.82, 2.24) is 15.1 Å². The molecule has 1 aromatic heterocycles. The van der Waals surface area contributed by atoms with Gasteiger partial charge in [0.05, 0.1) is 18.8 Å². The third-order valence-corrected chi connectivity index (χ3v) is 3.91. The largest absolute Gasteiger partial charge is 0.381 e. The van der Waals surface area contributed by atoms with Crippen molar-refractivity contribution in [2.24, 2.45) is 5.92 Å². The van der Waals surface area contributed by atoms with Crippen molar-refractivity contribution in [2.75, 3.05) is 20.3 Å². The van der Waals surface area contributed by atoms with Gasteiger partial charge in [-0.2, -0.15) is 5.10 Å². The van der Waals surface area contributed by atoms with Gasteiger partial charge in [0.1, 0.15) is 0 Å². The maximum absolute atomic E-state index is 5.49. The summed E-state index contributed by atoms with van der Waals surface area (Å²) >= 11 is 0. The number of nitrogens with one attached hydrogen (secondary N) is 1. The van der Waals surface area contributed by atoms with E-state index in [9.17, 15) is 0 Å². The molecule has 0 bridgehead atoms. The zero-order valence-electron chi connectivity index (χ0n) is 11.8. The molecule has 2 atom stereocenters. The van der Waals surface area contributed by atoms with Gasteiger partial charge in [0.25, 0.3) is 0 Å². The van der Waals surface area contributed by atoms with Gasteiger partial charge in [-0.25, -0.2) is 0 Å². The molecule has 4 nitrogen and oxygen atoms in total. The lowest BCUT2D eigenvalue weighted by Crippen LogP contribution is -2.38. The normalized spacial score (nSPS) is 21.4. The fraction of sp³-hybridized carbons (Fsp3) is 0.786. The average molecular weight is 251 g/mol. The quantitative estimate of drug-likeness (QED) is 0.835. The Hall–Kier alpha value is -0.870. The molecule has 4 heteroatoms. The van der Waals surface area contributed by atoms with Crippen LogP contribution in [0.25, 0.3) is 0 Å². The van der Waals surface area contributed by atoms with Crippen LogP contribution in [0.4, 0.5) is 0 Å². The fourth-order valence-electron chi connectivity index (χ4n) is 2.66. The van der Waals surface area contributed by atoms with E-state index < -0.39 is 0 Å². The van der Waals surface area contributed by atoms with Gasteiger partial charge in [-0.3, -0.25) is 4.68 Å². The van der Waals surface area contributed by atoms with E-state index in [2.05, 4.69) is 29.9 Å². The van der Waals surface area contributed by atoms with Crippen LogP contribution >= 0.6 is 0 Å². The van der Waals surface area contributed by atoms with Gasteiger partial charge >= 0.3 is 0 Å². The summed E-state index contributed by atoms with van der Waals surface area (Å²) in [6.07, 6.45) is 3.22. The molecular weight excluding hydrogens is 226 g/mol. The van der Waals surface area contributed by atoms with E-state index in [1.165, 1.54) is 11.4 Å². The maximum Gasteiger partial charge on any atom is 0.0624 e. The first-order valence-corrected chi connectivity index (χ1v) is 7.09. The Bertz CT molecular complexity index is 369. The minimum atomic E-state index is 0.461. The fourth-order valence-corrected chi connectivity index (χ4v) is 2.66. The van der Waals surface area contributed by atoms with Crippen LogP contribution in [0.5, 0.6) is 0 Å². The summed E-state index contributed by atoms with van der Waals surface area (Å²) in [6.45, 7) is 7.10. The van der Waals surface area contributed by atoms with Crippen molar-refractivity contribution in [3.8, 4) is 0 Å². The van der Waals surface area contributed by atoms with E-state index in [-0.39, 0.29) is 0 Å². The lowest BCUT2D eigenvalue weighted by molar-refractivity contribution is 0.174. The molecular formula is C14H25N3O. The van der Waals surface area contributed by atoms with Gasteiger partial charge in [-0.05, 0) is 32.4 Å². The summed E-state index contributed by atoms with van der Waals surface area (Å²) in [5.74, 6) is 0.619. The van der Waals surface area contributed by atoms with Crippen LogP contribution in [-0.2, 0) is 24.1 Å². The summed E-state index contributed by atoms with van der Waals surface area (Å²) in [7, 11) is 2.04. The van der Waals surface area contributed by atoms with Gasteiger partial charge in [0.15, 0.2) is 0 Å². The number of nitrogens with zero attached hydrogens (tertiary/aromatic N) is 2. The van der Waals surface area contributed by atoms with E-state index in [4.69, 9.17) is 9.84 Å². The number of aryl methyl sites for hydroxylation is 2. The van der Waals surface area contributed by atoms with Crippen LogP contribution in [0.15, 0.2) is 6.07 Å². The number of hydrogen-bond acceptors (Lipinski definition) is 3. The molecule has 2 unspecified atom stereocenters. The first-order valence-electron chi connectivity index (χ1n) is 7.09. The van der Waals surface area contributed by atoms with E-state index in [0.717, 1.165) is 39.0 Å².